The van der Waals surface area contributed by atoms with Gasteiger partial charge in [-0.2, -0.15) is 0 Å². The Kier molecular flexibility index (Phi) is 5.06. The zero-order chi connectivity index (χ0) is 10.4. The fraction of sp³-hybridized carbons (Fsp3) is 0.750. The zero-order valence-corrected chi connectivity index (χ0v) is 8.36. The summed E-state index contributed by atoms with van der Waals surface area (Å²) in [5.74, 6) is -1.13. The molecule has 0 fully saturated rings. The summed E-state index contributed by atoms with van der Waals surface area (Å²) in [7, 11) is 1.36. The summed E-state index contributed by atoms with van der Waals surface area (Å²) in [6.45, 7) is 5.04. The molecule has 0 rings (SSSR count). The molecule has 0 aromatic carbocycles. The van der Waals surface area contributed by atoms with E-state index in [2.05, 4.69) is 9.68 Å². The van der Waals surface area contributed by atoms with E-state index in [9.17, 15) is 9.59 Å². The van der Waals surface area contributed by atoms with Gasteiger partial charge >= 0.3 is 11.9 Å². The van der Waals surface area contributed by atoms with Crippen molar-refractivity contribution in [2.75, 3.05) is 7.05 Å². The van der Waals surface area contributed by atoms with Crippen LogP contribution in [-0.2, 0) is 19.3 Å². The average Bonchev–Trinajstić information content (AvgIpc) is 2.03. The van der Waals surface area contributed by atoms with Crippen molar-refractivity contribution in [3.05, 3.63) is 0 Å². The van der Waals surface area contributed by atoms with Crippen LogP contribution in [0.4, 0.5) is 0 Å². The smallest absolute Gasteiger partial charge is 0.331 e. The summed E-state index contributed by atoms with van der Waals surface area (Å²) >= 11 is 0. The summed E-state index contributed by atoms with van der Waals surface area (Å²) in [4.78, 5) is 30.9. The molecule has 0 bridgehead atoms. The molecule has 0 N–H and O–H groups in total. The van der Waals surface area contributed by atoms with Crippen molar-refractivity contribution in [1.29, 1.82) is 0 Å². The molecular weight excluding hydrogens is 174 g/mol. The molecule has 76 valence electrons. The van der Waals surface area contributed by atoms with E-state index in [1.165, 1.54) is 7.05 Å². The number of carbonyl (C=O) groups is 2. The third-order valence-corrected chi connectivity index (χ3v) is 1.21. The Bertz CT molecular complexity index is 191. The van der Waals surface area contributed by atoms with Gasteiger partial charge in [0.05, 0.1) is 13.0 Å². The van der Waals surface area contributed by atoms with Crippen LogP contribution in [-0.4, -0.2) is 24.2 Å². The van der Waals surface area contributed by atoms with Crippen molar-refractivity contribution in [2.45, 2.75) is 27.2 Å². The SMILES string of the molecule is CCC(=O)ON(C)OC(=O)C(C)C. The monoisotopic (exact) mass is 189 g/mol. The van der Waals surface area contributed by atoms with E-state index in [-0.39, 0.29) is 12.3 Å². The van der Waals surface area contributed by atoms with Crippen LogP contribution in [0.2, 0.25) is 0 Å². The van der Waals surface area contributed by atoms with Crippen LogP contribution in [0.1, 0.15) is 27.2 Å². The van der Waals surface area contributed by atoms with Crippen LogP contribution < -0.4 is 0 Å². The second-order valence-corrected chi connectivity index (χ2v) is 2.82. The highest BCUT2D eigenvalue weighted by Crippen LogP contribution is 1.99. The average molecular weight is 189 g/mol. The maximum Gasteiger partial charge on any atom is 0.331 e. The van der Waals surface area contributed by atoms with Crippen LogP contribution in [0, 0.1) is 5.92 Å². The second-order valence-electron chi connectivity index (χ2n) is 2.82. The highest BCUT2D eigenvalue weighted by atomic mass is 17.0. The molecule has 0 heterocycles. The minimum absolute atomic E-state index is 0.240. The molecule has 0 aromatic heterocycles. The Balaban J connectivity index is 3.80. The Hall–Kier alpha value is -1.10. The Morgan fingerprint density at radius 1 is 1.31 bits per heavy atom. The third-order valence-electron chi connectivity index (χ3n) is 1.21. The molecule has 0 spiro atoms. The van der Waals surface area contributed by atoms with Gasteiger partial charge in [-0.3, -0.25) is 4.79 Å². The van der Waals surface area contributed by atoms with E-state index in [0.29, 0.717) is 0 Å². The van der Waals surface area contributed by atoms with Crippen molar-refractivity contribution in [3.63, 3.8) is 0 Å². The van der Waals surface area contributed by atoms with Crippen LogP contribution in [0.3, 0.4) is 0 Å². The maximum absolute atomic E-state index is 11.0. The minimum Gasteiger partial charge on any atom is -0.333 e. The van der Waals surface area contributed by atoms with Crippen molar-refractivity contribution < 1.29 is 19.3 Å². The van der Waals surface area contributed by atoms with E-state index >= 15 is 0 Å². The first-order valence-corrected chi connectivity index (χ1v) is 4.13. The van der Waals surface area contributed by atoms with Crippen LogP contribution in [0.5, 0.6) is 0 Å². The van der Waals surface area contributed by atoms with Crippen molar-refractivity contribution in [3.8, 4) is 0 Å². The fourth-order valence-electron chi connectivity index (χ4n) is 0.459. The van der Waals surface area contributed by atoms with Gasteiger partial charge in [-0.15, -0.1) is 0 Å². The quantitative estimate of drug-likeness (QED) is 0.615. The summed E-state index contributed by atoms with van der Waals surface area (Å²) < 4.78 is 0. The largest absolute Gasteiger partial charge is 0.333 e. The molecule has 0 unspecified atom stereocenters. The van der Waals surface area contributed by atoms with Gasteiger partial charge in [-0.25, -0.2) is 4.79 Å². The Morgan fingerprint density at radius 2 is 1.85 bits per heavy atom. The standard InChI is InChI=1S/C8H15NO4/c1-5-7(10)12-9(4)13-8(11)6(2)3/h6H,5H2,1-4H3. The van der Waals surface area contributed by atoms with Crippen LogP contribution >= 0.6 is 0 Å². The van der Waals surface area contributed by atoms with E-state index < -0.39 is 11.9 Å². The molecule has 0 saturated heterocycles. The van der Waals surface area contributed by atoms with Gasteiger partial charge in [0.2, 0.25) is 0 Å². The van der Waals surface area contributed by atoms with E-state index in [4.69, 9.17) is 0 Å². The van der Waals surface area contributed by atoms with Gasteiger partial charge in [-0.05, 0) is 0 Å². The van der Waals surface area contributed by atoms with Gasteiger partial charge in [0.1, 0.15) is 0 Å². The predicted octanol–water partition coefficient (Wildman–Crippen LogP) is 0.901. The molecule has 0 atom stereocenters. The molecule has 0 radical (unpaired) electrons. The molecule has 5 heteroatoms. The Morgan fingerprint density at radius 3 is 2.23 bits per heavy atom. The topological polar surface area (TPSA) is 55.8 Å². The first-order chi connectivity index (χ1) is 5.97. The normalized spacial score (nSPS) is 10.3. The number of hydrogen-bond acceptors (Lipinski definition) is 5. The van der Waals surface area contributed by atoms with Crippen molar-refractivity contribution >= 4 is 11.9 Å². The lowest BCUT2D eigenvalue weighted by molar-refractivity contribution is -0.313. The molecule has 0 saturated carbocycles. The van der Waals surface area contributed by atoms with Gasteiger partial charge < -0.3 is 9.68 Å². The van der Waals surface area contributed by atoms with E-state index in [0.717, 1.165) is 5.23 Å². The van der Waals surface area contributed by atoms with E-state index in [1.54, 1.807) is 20.8 Å². The van der Waals surface area contributed by atoms with Crippen LogP contribution in [0.15, 0.2) is 0 Å². The highest BCUT2D eigenvalue weighted by Gasteiger charge is 2.14. The molecule has 0 aliphatic carbocycles. The predicted molar refractivity (Wildman–Crippen MR) is 45.1 cm³/mol. The summed E-state index contributed by atoms with van der Waals surface area (Å²) in [5.41, 5.74) is 0. The Labute approximate surface area is 77.5 Å². The van der Waals surface area contributed by atoms with Gasteiger partial charge in [0, 0.05) is 11.6 Å². The molecule has 13 heavy (non-hydrogen) atoms. The van der Waals surface area contributed by atoms with Gasteiger partial charge in [-0.1, -0.05) is 20.8 Å². The second kappa shape index (κ2) is 5.53. The molecular formula is C8H15NO4. The zero-order valence-electron chi connectivity index (χ0n) is 8.36. The number of nitrogens with zero attached hydrogens (tertiary/aromatic N) is 1. The number of carbonyl (C=O) groups excluding carboxylic acids is 2. The summed E-state index contributed by atoms with van der Waals surface area (Å²) in [6, 6.07) is 0. The molecule has 0 aliphatic heterocycles. The van der Waals surface area contributed by atoms with Crippen molar-refractivity contribution in [2.24, 2.45) is 5.92 Å². The van der Waals surface area contributed by atoms with Crippen LogP contribution in [0.25, 0.3) is 0 Å². The maximum atomic E-state index is 11.0. The summed E-state index contributed by atoms with van der Waals surface area (Å²) in [6.07, 6.45) is 0.240. The lowest BCUT2D eigenvalue weighted by Crippen LogP contribution is -2.28. The lowest BCUT2D eigenvalue weighted by atomic mass is 10.2. The number of hydrogen-bond donors (Lipinski definition) is 0. The number of rotatable bonds is 4. The number of hydroxylamine groups is 2. The highest BCUT2D eigenvalue weighted by molar-refractivity contribution is 5.71. The first-order valence-electron chi connectivity index (χ1n) is 4.13. The molecule has 0 aromatic rings. The van der Waals surface area contributed by atoms with Crippen molar-refractivity contribution in [1.82, 2.24) is 5.23 Å². The van der Waals surface area contributed by atoms with E-state index in [1.807, 2.05) is 0 Å². The first kappa shape index (κ1) is 11.9. The summed E-state index contributed by atoms with van der Waals surface area (Å²) in [5, 5.41) is 0.772. The fourth-order valence-corrected chi connectivity index (χ4v) is 0.459. The minimum atomic E-state index is -0.445. The third kappa shape index (κ3) is 5.19. The molecule has 0 amide bonds. The van der Waals surface area contributed by atoms with Gasteiger partial charge in [0.25, 0.3) is 0 Å². The lowest BCUT2D eigenvalue weighted by Gasteiger charge is -2.15. The molecule has 5 nitrogen and oxygen atoms in total. The molecule has 0 aliphatic rings. The van der Waals surface area contributed by atoms with Gasteiger partial charge in [0.15, 0.2) is 0 Å².